The van der Waals surface area contributed by atoms with Crippen LogP contribution in [-0.2, 0) is 12.8 Å². The van der Waals surface area contributed by atoms with Gasteiger partial charge in [-0.1, -0.05) is 12.1 Å². The number of ether oxygens (including phenoxy) is 1. The van der Waals surface area contributed by atoms with Gasteiger partial charge in [0.05, 0.1) is 12.1 Å². The van der Waals surface area contributed by atoms with Gasteiger partial charge in [-0.2, -0.15) is 0 Å². The molecule has 2 aromatic rings. The first-order valence-electron chi connectivity index (χ1n) is 5.89. The van der Waals surface area contributed by atoms with Crippen LogP contribution in [0.15, 0.2) is 35.8 Å². The minimum absolute atomic E-state index is 0.436. The second-order valence-corrected chi connectivity index (χ2v) is 5.49. The van der Waals surface area contributed by atoms with Crippen molar-refractivity contribution in [3.63, 3.8) is 0 Å². The van der Waals surface area contributed by atoms with E-state index in [1.54, 1.807) is 18.4 Å². The van der Waals surface area contributed by atoms with Crippen LogP contribution in [0.25, 0.3) is 0 Å². The van der Waals surface area contributed by atoms with Crippen LogP contribution in [0.1, 0.15) is 10.6 Å². The zero-order valence-corrected chi connectivity index (χ0v) is 11.9. The average molecular weight is 282 g/mol. The third kappa shape index (κ3) is 3.72. The molecule has 0 spiro atoms. The van der Waals surface area contributed by atoms with E-state index in [-0.39, 0.29) is 0 Å². The number of rotatable bonds is 6. The van der Waals surface area contributed by atoms with Gasteiger partial charge in [0.15, 0.2) is 0 Å². The van der Waals surface area contributed by atoms with Gasteiger partial charge in [0.2, 0.25) is 0 Å². The topological polar surface area (TPSA) is 22.1 Å². The fraction of sp³-hybridized carbons (Fsp3) is 0.357. The van der Waals surface area contributed by atoms with Crippen LogP contribution < -0.4 is 4.74 Å². The highest BCUT2D eigenvalue weighted by Gasteiger charge is 2.11. The molecule has 0 saturated carbocycles. The number of alkyl halides is 1. The van der Waals surface area contributed by atoms with Crippen LogP contribution in [0.2, 0.25) is 0 Å². The Kier molecular flexibility index (Phi) is 5.02. The monoisotopic (exact) mass is 281 g/mol. The van der Waals surface area contributed by atoms with Crippen LogP contribution in [0.4, 0.5) is 0 Å². The highest BCUT2D eigenvalue weighted by Crippen LogP contribution is 2.19. The number of aromatic nitrogens is 1. The zero-order chi connectivity index (χ0) is 12.8. The fourth-order valence-corrected chi connectivity index (χ4v) is 2.83. The van der Waals surface area contributed by atoms with E-state index < -0.39 is 0 Å². The molecule has 0 aliphatic carbocycles. The molecule has 1 heterocycles. The first-order valence-corrected chi connectivity index (χ1v) is 7.30. The van der Waals surface area contributed by atoms with E-state index in [0.717, 1.165) is 23.6 Å². The van der Waals surface area contributed by atoms with Gasteiger partial charge in [-0.3, -0.25) is 0 Å². The fourth-order valence-electron chi connectivity index (χ4n) is 1.88. The quantitative estimate of drug-likeness (QED) is 0.752. The van der Waals surface area contributed by atoms with Crippen molar-refractivity contribution in [3.05, 3.63) is 46.4 Å². The second-order valence-electron chi connectivity index (χ2n) is 4.20. The molecule has 1 atom stereocenters. The van der Waals surface area contributed by atoms with Crippen molar-refractivity contribution < 1.29 is 4.74 Å². The Morgan fingerprint density at radius 1 is 1.28 bits per heavy atom. The molecule has 1 unspecified atom stereocenters. The molecule has 1 aromatic heterocycles. The number of benzene rings is 1. The third-order valence-corrected chi connectivity index (χ3v) is 4.09. The lowest BCUT2D eigenvalue weighted by molar-refractivity contribution is 0.414. The Bertz CT molecular complexity index is 455. The van der Waals surface area contributed by atoms with E-state index in [4.69, 9.17) is 16.3 Å². The van der Waals surface area contributed by atoms with Crippen molar-refractivity contribution >= 4 is 22.9 Å². The van der Waals surface area contributed by atoms with Crippen molar-refractivity contribution in [3.8, 4) is 5.75 Å². The number of hydrogen-bond acceptors (Lipinski definition) is 3. The Morgan fingerprint density at radius 2 is 2.06 bits per heavy atom. The zero-order valence-electron chi connectivity index (χ0n) is 10.3. The van der Waals surface area contributed by atoms with Crippen molar-refractivity contribution in [2.75, 3.05) is 13.0 Å². The molecule has 0 N–H and O–H groups in total. The van der Waals surface area contributed by atoms with Gasteiger partial charge in [0.1, 0.15) is 5.75 Å². The van der Waals surface area contributed by atoms with E-state index in [9.17, 15) is 0 Å². The molecule has 0 amide bonds. The van der Waals surface area contributed by atoms with Gasteiger partial charge in [0, 0.05) is 23.9 Å². The first kappa shape index (κ1) is 13.4. The lowest BCUT2D eigenvalue weighted by Gasteiger charge is -2.12. The largest absolute Gasteiger partial charge is 0.497 e. The molecular formula is C14H16ClNOS. The third-order valence-electron chi connectivity index (χ3n) is 2.85. The maximum Gasteiger partial charge on any atom is 0.118 e. The maximum absolute atomic E-state index is 6.05. The van der Waals surface area contributed by atoms with Gasteiger partial charge in [-0.15, -0.1) is 22.9 Å². The molecule has 0 aliphatic heterocycles. The van der Waals surface area contributed by atoms with E-state index >= 15 is 0 Å². The molecule has 0 fully saturated rings. The summed E-state index contributed by atoms with van der Waals surface area (Å²) in [6.45, 7) is 0. The summed E-state index contributed by atoms with van der Waals surface area (Å²) in [5.74, 6) is 1.98. The number of nitrogens with zero attached hydrogens (tertiary/aromatic N) is 1. The minimum Gasteiger partial charge on any atom is -0.497 e. The van der Waals surface area contributed by atoms with Gasteiger partial charge < -0.3 is 4.74 Å². The van der Waals surface area contributed by atoms with Crippen LogP contribution >= 0.6 is 22.9 Å². The predicted molar refractivity (Wildman–Crippen MR) is 76.7 cm³/mol. The molecular weight excluding hydrogens is 266 g/mol. The second kappa shape index (κ2) is 6.76. The Labute approximate surface area is 117 Å². The number of methoxy groups -OCH3 is 1. The van der Waals surface area contributed by atoms with E-state index in [2.05, 4.69) is 17.1 Å². The first-order chi connectivity index (χ1) is 8.81. The van der Waals surface area contributed by atoms with Gasteiger partial charge in [-0.05, 0) is 30.0 Å². The average Bonchev–Trinajstić information content (AvgIpc) is 2.91. The lowest BCUT2D eigenvalue weighted by Crippen LogP contribution is -2.10. The Morgan fingerprint density at radius 3 is 2.61 bits per heavy atom. The Balaban J connectivity index is 1.96. The standard InChI is InChI=1S/C14H16ClNOS/c1-17-13-4-2-11(3-5-13)8-12(10-15)9-14-16-6-7-18-14/h2-7,12H,8-10H2,1H3. The van der Waals surface area contributed by atoms with E-state index in [1.807, 2.05) is 23.7 Å². The summed E-state index contributed by atoms with van der Waals surface area (Å²) in [4.78, 5) is 4.31. The predicted octanol–water partition coefficient (Wildman–Crippen LogP) is 3.79. The summed E-state index contributed by atoms with van der Waals surface area (Å²) in [6.07, 6.45) is 3.78. The summed E-state index contributed by atoms with van der Waals surface area (Å²) < 4.78 is 5.15. The molecule has 0 bridgehead atoms. The summed E-state index contributed by atoms with van der Waals surface area (Å²) in [5.41, 5.74) is 1.29. The smallest absolute Gasteiger partial charge is 0.118 e. The van der Waals surface area contributed by atoms with Crippen molar-refractivity contribution in [2.45, 2.75) is 12.8 Å². The minimum atomic E-state index is 0.436. The van der Waals surface area contributed by atoms with Gasteiger partial charge in [-0.25, -0.2) is 4.98 Å². The summed E-state index contributed by atoms with van der Waals surface area (Å²) >= 11 is 7.74. The van der Waals surface area contributed by atoms with Gasteiger partial charge in [0.25, 0.3) is 0 Å². The Hall–Kier alpha value is -1.06. The molecule has 0 aliphatic rings. The molecule has 1 aromatic carbocycles. The highest BCUT2D eigenvalue weighted by atomic mass is 35.5. The lowest BCUT2D eigenvalue weighted by atomic mass is 9.98. The van der Waals surface area contributed by atoms with E-state index in [1.165, 1.54) is 5.56 Å². The molecule has 18 heavy (non-hydrogen) atoms. The van der Waals surface area contributed by atoms with Crippen molar-refractivity contribution in [2.24, 2.45) is 5.92 Å². The van der Waals surface area contributed by atoms with Crippen LogP contribution in [0.5, 0.6) is 5.75 Å². The molecule has 0 radical (unpaired) electrons. The summed E-state index contributed by atoms with van der Waals surface area (Å²) in [6, 6.07) is 8.18. The van der Waals surface area contributed by atoms with Crippen LogP contribution in [-0.4, -0.2) is 18.0 Å². The summed E-state index contributed by atoms with van der Waals surface area (Å²) in [5, 5.41) is 3.17. The molecule has 4 heteroatoms. The maximum atomic E-state index is 6.05. The SMILES string of the molecule is COc1ccc(CC(CCl)Cc2nccs2)cc1. The number of thiazole rings is 1. The van der Waals surface area contributed by atoms with Crippen molar-refractivity contribution in [1.82, 2.24) is 4.98 Å². The molecule has 96 valence electrons. The normalized spacial score (nSPS) is 12.3. The number of hydrogen-bond donors (Lipinski definition) is 0. The van der Waals surface area contributed by atoms with Gasteiger partial charge >= 0.3 is 0 Å². The molecule has 2 nitrogen and oxygen atoms in total. The van der Waals surface area contributed by atoms with Crippen molar-refractivity contribution in [1.29, 1.82) is 0 Å². The van der Waals surface area contributed by atoms with Crippen LogP contribution in [0.3, 0.4) is 0 Å². The molecule has 0 saturated heterocycles. The van der Waals surface area contributed by atoms with E-state index in [0.29, 0.717) is 11.8 Å². The van der Waals surface area contributed by atoms with Crippen LogP contribution in [0, 0.1) is 5.92 Å². The summed E-state index contributed by atoms with van der Waals surface area (Å²) in [7, 11) is 1.68. The molecule has 2 rings (SSSR count). The number of halogens is 1. The highest BCUT2D eigenvalue weighted by molar-refractivity contribution is 7.09.